The van der Waals surface area contributed by atoms with Gasteiger partial charge in [-0.2, -0.15) is 0 Å². The van der Waals surface area contributed by atoms with E-state index in [2.05, 4.69) is 11.8 Å². The highest BCUT2D eigenvalue weighted by atomic mass is 16.3. The van der Waals surface area contributed by atoms with Crippen molar-refractivity contribution >= 4 is 0 Å². The van der Waals surface area contributed by atoms with E-state index in [4.69, 9.17) is 0 Å². The van der Waals surface area contributed by atoms with E-state index in [-0.39, 0.29) is 6.10 Å². The molecule has 1 atom stereocenters. The summed E-state index contributed by atoms with van der Waals surface area (Å²) < 4.78 is 0. The van der Waals surface area contributed by atoms with E-state index < -0.39 is 0 Å². The van der Waals surface area contributed by atoms with Gasteiger partial charge in [-0.05, 0) is 52.0 Å². The van der Waals surface area contributed by atoms with E-state index in [1.807, 2.05) is 0 Å². The second-order valence-electron chi connectivity index (χ2n) is 5.04. The molecule has 0 aromatic heterocycles. The molecule has 2 fully saturated rings. The fraction of sp³-hybridized carbons (Fsp3) is 1.00. The molecule has 1 N–H and O–H groups in total. The van der Waals surface area contributed by atoms with Crippen LogP contribution in [0.5, 0.6) is 0 Å². The van der Waals surface area contributed by atoms with Crippen LogP contribution in [0.15, 0.2) is 0 Å². The van der Waals surface area contributed by atoms with Crippen LogP contribution in [-0.2, 0) is 0 Å². The molecule has 1 heterocycles. The van der Waals surface area contributed by atoms with Gasteiger partial charge in [-0.15, -0.1) is 0 Å². The summed E-state index contributed by atoms with van der Waals surface area (Å²) in [5.41, 5.74) is 0. The van der Waals surface area contributed by atoms with Gasteiger partial charge >= 0.3 is 0 Å². The lowest BCUT2D eigenvalue weighted by Crippen LogP contribution is -2.46. The number of piperidine rings is 1. The summed E-state index contributed by atoms with van der Waals surface area (Å²) in [6.45, 7) is 3.66. The van der Waals surface area contributed by atoms with Gasteiger partial charge in [0, 0.05) is 12.1 Å². The van der Waals surface area contributed by atoms with E-state index in [1.165, 1.54) is 38.6 Å². The van der Waals surface area contributed by atoms with Crippen molar-refractivity contribution in [2.24, 2.45) is 0 Å². The number of hydrogen-bond acceptors (Lipinski definition) is 2. The molecule has 0 bridgehead atoms. The van der Waals surface area contributed by atoms with Gasteiger partial charge in [-0.1, -0.05) is 6.42 Å². The number of likely N-dealkylation sites (tertiary alicyclic amines) is 1. The van der Waals surface area contributed by atoms with E-state index in [1.54, 1.807) is 0 Å². The topological polar surface area (TPSA) is 23.5 Å². The molecule has 1 aliphatic carbocycles. The largest absolute Gasteiger partial charge is 0.393 e. The van der Waals surface area contributed by atoms with Gasteiger partial charge in [0.25, 0.3) is 0 Å². The first-order valence-electron chi connectivity index (χ1n) is 6.21. The average molecular weight is 197 g/mol. The zero-order valence-electron chi connectivity index (χ0n) is 9.28. The van der Waals surface area contributed by atoms with Gasteiger partial charge in [-0.3, -0.25) is 4.90 Å². The predicted molar refractivity (Wildman–Crippen MR) is 58.3 cm³/mol. The second-order valence-corrected chi connectivity index (χ2v) is 5.04. The van der Waals surface area contributed by atoms with Gasteiger partial charge in [0.2, 0.25) is 0 Å². The number of aliphatic hydroxyl groups is 1. The molecule has 0 radical (unpaired) electrons. The summed E-state index contributed by atoms with van der Waals surface area (Å²) in [5, 5.41) is 9.47. The first-order chi connectivity index (χ1) is 6.77. The Balaban J connectivity index is 1.87. The summed E-state index contributed by atoms with van der Waals surface area (Å²) in [6.07, 6.45) is 8.63. The lowest BCUT2D eigenvalue weighted by molar-refractivity contribution is 0.0409. The molecule has 0 amide bonds. The van der Waals surface area contributed by atoms with E-state index in [0.717, 1.165) is 24.9 Å². The Morgan fingerprint density at radius 3 is 2.36 bits per heavy atom. The van der Waals surface area contributed by atoms with E-state index >= 15 is 0 Å². The van der Waals surface area contributed by atoms with E-state index in [9.17, 15) is 5.11 Å². The third-order valence-corrected chi connectivity index (χ3v) is 3.99. The minimum atomic E-state index is -0.00801. The molecule has 0 aromatic rings. The second kappa shape index (κ2) is 4.63. The first-order valence-corrected chi connectivity index (χ1v) is 6.21. The van der Waals surface area contributed by atoms with Crippen LogP contribution in [0.4, 0.5) is 0 Å². The van der Waals surface area contributed by atoms with Crippen molar-refractivity contribution in [1.82, 2.24) is 4.90 Å². The normalized spacial score (nSPS) is 41.1. The third kappa shape index (κ3) is 2.29. The van der Waals surface area contributed by atoms with Crippen LogP contribution in [0, 0.1) is 0 Å². The minimum Gasteiger partial charge on any atom is -0.393 e. The molecular weight excluding hydrogens is 174 g/mol. The van der Waals surface area contributed by atoms with Gasteiger partial charge in [0.1, 0.15) is 0 Å². The molecule has 0 spiro atoms. The lowest BCUT2D eigenvalue weighted by atomic mass is 9.89. The Hall–Kier alpha value is -0.0800. The molecule has 2 nitrogen and oxygen atoms in total. The zero-order chi connectivity index (χ0) is 9.97. The standard InChI is InChI=1S/C12H23NO/c1-10-4-2-3-9-13(10)11-5-7-12(14)8-6-11/h10-12,14H,2-9H2,1H3. The van der Waals surface area contributed by atoms with Crippen LogP contribution in [0.1, 0.15) is 51.9 Å². The maximum atomic E-state index is 9.47. The van der Waals surface area contributed by atoms with Crippen LogP contribution in [0.25, 0.3) is 0 Å². The predicted octanol–water partition coefficient (Wildman–Crippen LogP) is 2.16. The molecule has 0 aromatic carbocycles. The van der Waals surface area contributed by atoms with Crippen molar-refractivity contribution in [3.63, 3.8) is 0 Å². The van der Waals surface area contributed by atoms with Gasteiger partial charge in [0.05, 0.1) is 6.10 Å². The first kappa shape index (κ1) is 10.4. The number of aliphatic hydroxyl groups excluding tert-OH is 1. The van der Waals surface area contributed by atoms with Gasteiger partial charge in [0.15, 0.2) is 0 Å². The van der Waals surface area contributed by atoms with Crippen molar-refractivity contribution in [3.8, 4) is 0 Å². The Bertz CT molecular complexity index is 175. The lowest BCUT2D eigenvalue weighted by Gasteiger charge is -2.42. The fourth-order valence-electron chi connectivity index (χ4n) is 3.05. The highest BCUT2D eigenvalue weighted by Gasteiger charge is 2.29. The summed E-state index contributed by atoms with van der Waals surface area (Å²) in [5.74, 6) is 0. The third-order valence-electron chi connectivity index (χ3n) is 3.99. The number of hydrogen-bond donors (Lipinski definition) is 1. The molecule has 1 aliphatic heterocycles. The fourth-order valence-corrected chi connectivity index (χ4v) is 3.05. The maximum Gasteiger partial charge on any atom is 0.0541 e. The molecule has 1 saturated heterocycles. The number of rotatable bonds is 1. The molecule has 2 aliphatic rings. The van der Waals surface area contributed by atoms with Crippen molar-refractivity contribution in [3.05, 3.63) is 0 Å². The SMILES string of the molecule is CC1CCCCN1C1CCC(O)CC1. The summed E-state index contributed by atoms with van der Waals surface area (Å²) in [7, 11) is 0. The van der Waals surface area contributed by atoms with Crippen molar-refractivity contribution < 1.29 is 5.11 Å². The molecular formula is C12H23NO. The average Bonchev–Trinajstić information content (AvgIpc) is 2.20. The quantitative estimate of drug-likeness (QED) is 0.696. The Morgan fingerprint density at radius 2 is 1.71 bits per heavy atom. The highest BCUT2D eigenvalue weighted by Crippen LogP contribution is 2.28. The zero-order valence-corrected chi connectivity index (χ0v) is 9.28. The van der Waals surface area contributed by atoms with Crippen LogP contribution in [0.3, 0.4) is 0 Å². The van der Waals surface area contributed by atoms with Crippen molar-refractivity contribution in [2.75, 3.05) is 6.54 Å². The van der Waals surface area contributed by atoms with Crippen LogP contribution in [0.2, 0.25) is 0 Å². The van der Waals surface area contributed by atoms with Crippen LogP contribution in [-0.4, -0.2) is 34.7 Å². The molecule has 82 valence electrons. The summed E-state index contributed by atoms with van der Waals surface area (Å²) in [6, 6.07) is 1.55. The molecule has 2 heteroatoms. The van der Waals surface area contributed by atoms with Gasteiger partial charge < -0.3 is 5.11 Å². The molecule has 14 heavy (non-hydrogen) atoms. The minimum absolute atomic E-state index is 0.00801. The summed E-state index contributed by atoms with van der Waals surface area (Å²) in [4.78, 5) is 2.69. The van der Waals surface area contributed by atoms with Crippen molar-refractivity contribution in [1.29, 1.82) is 0 Å². The highest BCUT2D eigenvalue weighted by molar-refractivity contribution is 4.84. The molecule has 2 rings (SSSR count). The number of nitrogens with zero attached hydrogens (tertiary/aromatic N) is 1. The molecule has 1 saturated carbocycles. The Labute approximate surface area is 87.3 Å². The van der Waals surface area contributed by atoms with Crippen LogP contribution >= 0.6 is 0 Å². The smallest absolute Gasteiger partial charge is 0.0541 e. The summed E-state index contributed by atoms with van der Waals surface area (Å²) >= 11 is 0. The van der Waals surface area contributed by atoms with E-state index in [0.29, 0.717) is 0 Å². The van der Waals surface area contributed by atoms with Crippen molar-refractivity contribution in [2.45, 2.75) is 70.1 Å². The van der Waals surface area contributed by atoms with Gasteiger partial charge in [-0.25, -0.2) is 0 Å². The monoisotopic (exact) mass is 197 g/mol. The molecule has 1 unspecified atom stereocenters. The van der Waals surface area contributed by atoms with Crippen LogP contribution < -0.4 is 0 Å². The Morgan fingerprint density at radius 1 is 1.00 bits per heavy atom. The maximum absolute atomic E-state index is 9.47. The Kier molecular flexibility index (Phi) is 3.45.